The first-order chi connectivity index (χ1) is 16.0. The third-order valence-corrected chi connectivity index (χ3v) is 5.86. The normalized spacial score (nSPS) is 12.5. The molecule has 0 spiro atoms. The van der Waals surface area contributed by atoms with E-state index in [2.05, 4.69) is 4.98 Å². The van der Waals surface area contributed by atoms with Crippen molar-refractivity contribution in [1.82, 2.24) is 9.55 Å². The van der Waals surface area contributed by atoms with E-state index < -0.39 is 17.2 Å². The number of rotatable bonds is 7. The number of carbonyl (C=O) groups is 1. The molecule has 4 rings (SSSR count). The minimum Gasteiger partial charge on any atom is -0.457 e. The monoisotopic (exact) mass is 448 g/mol. The lowest BCUT2D eigenvalue weighted by Crippen LogP contribution is -2.44. The van der Waals surface area contributed by atoms with Crippen molar-refractivity contribution < 1.29 is 9.53 Å². The number of fused-ring (bicyclic) bond motifs is 2. The molecule has 0 bridgehead atoms. The van der Waals surface area contributed by atoms with Crippen molar-refractivity contribution >= 4 is 17.4 Å². The molecule has 3 aromatic rings. The van der Waals surface area contributed by atoms with Crippen molar-refractivity contribution in [2.45, 2.75) is 45.6 Å². The Morgan fingerprint density at radius 1 is 1.03 bits per heavy atom. The maximum atomic E-state index is 14.2. The number of aromatic nitrogens is 2. The summed E-state index contributed by atoms with van der Waals surface area (Å²) in [6.45, 7) is 4.56. The van der Waals surface area contributed by atoms with E-state index in [1.807, 2.05) is 62.4 Å². The summed E-state index contributed by atoms with van der Waals surface area (Å²) in [5.74, 6) is 0.244. The van der Waals surface area contributed by atoms with Crippen molar-refractivity contribution in [3.05, 3.63) is 80.5 Å². The van der Waals surface area contributed by atoms with Gasteiger partial charge in [-0.15, -0.1) is 0 Å². The van der Waals surface area contributed by atoms with Gasteiger partial charge >= 0.3 is 5.69 Å². The van der Waals surface area contributed by atoms with Gasteiger partial charge in [0.05, 0.1) is 5.92 Å². The summed E-state index contributed by atoms with van der Waals surface area (Å²) in [5, 5.41) is 0. The molecule has 3 N–H and O–H groups in total. The third-order valence-electron chi connectivity index (χ3n) is 5.86. The van der Waals surface area contributed by atoms with Gasteiger partial charge in [0, 0.05) is 24.2 Å². The van der Waals surface area contributed by atoms with Crippen LogP contribution in [-0.2, 0) is 11.3 Å². The summed E-state index contributed by atoms with van der Waals surface area (Å²) in [4.78, 5) is 43.2. The molecule has 2 heterocycles. The van der Waals surface area contributed by atoms with Crippen LogP contribution in [0.3, 0.4) is 0 Å². The number of hydrogen-bond acceptors (Lipinski definition) is 5. The smallest absolute Gasteiger partial charge is 0.330 e. The Balaban J connectivity index is 1.89. The molecule has 0 saturated carbocycles. The number of carbonyl (C=O) groups excluding carboxylic acids is 1. The number of nitrogens with zero attached hydrogens (tertiary/aromatic N) is 2. The van der Waals surface area contributed by atoms with Crippen LogP contribution in [0.1, 0.15) is 50.2 Å². The van der Waals surface area contributed by atoms with Crippen LogP contribution in [0.15, 0.2) is 58.1 Å². The Hall–Kier alpha value is -3.81. The summed E-state index contributed by atoms with van der Waals surface area (Å²) in [5.41, 5.74) is 6.54. The lowest BCUT2D eigenvalue weighted by atomic mass is 9.86. The van der Waals surface area contributed by atoms with Crippen LogP contribution in [0.5, 0.6) is 11.5 Å². The van der Waals surface area contributed by atoms with Crippen LogP contribution in [-0.4, -0.2) is 22.0 Å². The minimum absolute atomic E-state index is 0.00341. The van der Waals surface area contributed by atoms with Crippen LogP contribution < -0.4 is 26.6 Å². The average Bonchev–Trinajstić information content (AvgIpc) is 2.81. The predicted molar refractivity (Wildman–Crippen MR) is 128 cm³/mol. The molecule has 1 aliphatic rings. The van der Waals surface area contributed by atoms with Gasteiger partial charge in [0.25, 0.3) is 5.56 Å². The quantitative estimate of drug-likeness (QED) is 0.574. The zero-order valence-electron chi connectivity index (χ0n) is 18.8. The highest BCUT2D eigenvalue weighted by Gasteiger charge is 2.37. The van der Waals surface area contributed by atoms with Gasteiger partial charge in [-0.2, -0.15) is 0 Å². The second kappa shape index (κ2) is 9.36. The van der Waals surface area contributed by atoms with E-state index in [-0.39, 0.29) is 17.4 Å². The summed E-state index contributed by atoms with van der Waals surface area (Å²) in [6, 6.07) is 14.8. The molecule has 0 fully saturated rings. The summed E-state index contributed by atoms with van der Waals surface area (Å²) in [7, 11) is 0. The fourth-order valence-corrected chi connectivity index (χ4v) is 4.26. The zero-order valence-corrected chi connectivity index (χ0v) is 18.8. The Bertz CT molecular complexity index is 1250. The molecule has 0 unspecified atom stereocenters. The van der Waals surface area contributed by atoms with Gasteiger partial charge in [-0.05, 0) is 25.0 Å². The Labute approximate surface area is 191 Å². The van der Waals surface area contributed by atoms with Crippen LogP contribution in [0.4, 0.5) is 11.5 Å². The second-order valence-corrected chi connectivity index (χ2v) is 8.10. The maximum absolute atomic E-state index is 14.2. The fraction of sp³-hybridized carbons (Fsp3) is 0.320. The number of aromatic amines is 1. The van der Waals surface area contributed by atoms with E-state index >= 15 is 0 Å². The van der Waals surface area contributed by atoms with Crippen LogP contribution >= 0.6 is 0 Å². The highest BCUT2D eigenvalue weighted by Crippen LogP contribution is 2.45. The fourth-order valence-electron chi connectivity index (χ4n) is 4.26. The Kier molecular flexibility index (Phi) is 6.35. The lowest BCUT2D eigenvalue weighted by Gasteiger charge is -2.32. The summed E-state index contributed by atoms with van der Waals surface area (Å²) in [6.07, 6.45) is 2.14. The zero-order chi connectivity index (χ0) is 23.5. The molecule has 0 radical (unpaired) electrons. The van der Waals surface area contributed by atoms with Gasteiger partial charge in [0.2, 0.25) is 5.91 Å². The highest BCUT2D eigenvalue weighted by atomic mass is 16.5. The van der Waals surface area contributed by atoms with Crippen molar-refractivity contribution in [1.29, 1.82) is 0 Å². The number of ether oxygens (including phenoxy) is 1. The average molecular weight is 449 g/mol. The molecule has 1 amide bonds. The molecule has 8 heteroatoms. The van der Waals surface area contributed by atoms with Gasteiger partial charge in [-0.1, -0.05) is 56.7 Å². The van der Waals surface area contributed by atoms with E-state index in [0.717, 1.165) is 17.5 Å². The number of nitrogens with two attached hydrogens (primary N) is 1. The molecule has 0 saturated heterocycles. The predicted octanol–water partition coefficient (Wildman–Crippen LogP) is 3.60. The molecule has 1 aromatic heterocycles. The van der Waals surface area contributed by atoms with Crippen LogP contribution in [0.2, 0.25) is 0 Å². The molecule has 33 heavy (non-hydrogen) atoms. The molecule has 2 aromatic carbocycles. The number of unbranched alkanes of at least 4 members (excludes halogenated alkanes) is 1. The number of nitrogens with one attached hydrogen (secondary N) is 1. The van der Waals surface area contributed by atoms with E-state index in [9.17, 15) is 14.4 Å². The lowest BCUT2D eigenvalue weighted by molar-refractivity contribution is -0.119. The van der Waals surface area contributed by atoms with Gasteiger partial charge in [-0.25, -0.2) is 4.79 Å². The van der Waals surface area contributed by atoms with Gasteiger partial charge < -0.3 is 15.4 Å². The van der Waals surface area contributed by atoms with Crippen molar-refractivity contribution in [3.8, 4) is 11.5 Å². The molecular formula is C25H28N4O4. The van der Waals surface area contributed by atoms with E-state index in [1.54, 1.807) is 0 Å². The number of hydrogen-bond donors (Lipinski definition) is 2. The number of anilines is 2. The molecule has 0 atom stereocenters. The topological polar surface area (TPSA) is 110 Å². The SMILES string of the molecule is CCCCN(C(=O)C1c2ccccc2Oc2ccccc21)c1c(N)n(CCC)c(=O)[nH]c1=O. The van der Waals surface area contributed by atoms with E-state index in [1.165, 1.54) is 9.47 Å². The number of para-hydroxylation sites is 2. The molecule has 0 aliphatic carbocycles. The van der Waals surface area contributed by atoms with Gasteiger partial charge in [0.15, 0.2) is 5.69 Å². The van der Waals surface area contributed by atoms with Gasteiger partial charge in [0.1, 0.15) is 17.3 Å². The standard InChI is InChI=1S/C25H28N4O4/c1-3-5-15-28(21-22(26)29(14-4-2)25(32)27-23(21)30)24(31)20-16-10-6-8-12-18(16)33-19-13-9-7-11-17(19)20/h6-13,20H,3-5,14-15,26H2,1-2H3,(H,27,30,32). The van der Waals surface area contributed by atoms with E-state index in [0.29, 0.717) is 37.4 Å². The Morgan fingerprint density at radius 2 is 1.64 bits per heavy atom. The molecule has 172 valence electrons. The number of amides is 1. The maximum Gasteiger partial charge on any atom is 0.330 e. The number of nitrogen functional groups attached to an aromatic ring is 1. The number of H-pyrrole nitrogens is 1. The summed E-state index contributed by atoms with van der Waals surface area (Å²) >= 11 is 0. The third kappa shape index (κ3) is 4.04. The number of benzene rings is 2. The minimum atomic E-state index is -0.673. The largest absolute Gasteiger partial charge is 0.457 e. The molecule has 1 aliphatic heterocycles. The second-order valence-electron chi connectivity index (χ2n) is 8.10. The first kappa shape index (κ1) is 22.4. The van der Waals surface area contributed by atoms with Crippen molar-refractivity contribution in [3.63, 3.8) is 0 Å². The molecule has 8 nitrogen and oxygen atoms in total. The van der Waals surface area contributed by atoms with Gasteiger partial charge in [-0.3, -0.25) is 19.1 Å². The van der Waals surface area contributed by atoms with Crippen LogP contribution in [0.25, 0.3) is 0 Å². The first-order valence-corrected chi connectivity index (χ1v) is 11.3. The van der Waals surface area contributed by atoms with Crippen LogP contribution in [0, 0.1) is 0 Å². The first-order valence-electron chi connectivity index (χ1n) is 11.3. The highest BCUT2D eigenvalue weighted by molar-refractivity contribution is 6.02. The Morgan fingerprint density at radius 3 is 2.21 bits per heavy atom. The van der Waals surface area contributed by atoms with Crippen molar-refractivity contribution in [2.24, 2.45) is 0 Å². The van der Waals surface area contributed by atoms with E-state index in [4.69, 9.17) is 10.5 Å². The summed E-state index contributed by atoms with van der Waals surface area (Å²) < 4.78 is 7.34. The molecular weight excluding hydrogens is 420 g/mol. The van der Waals surface area contributed by atoms with Crippen molar-refractivity contribution in [2.75, 3.05) is 17.2 Å².